The van der Waals surface area contributed by atoms with Gasteiger partial charge in [0.25, 0.3) is 0 Å². The van der Waals surface area contributed by atoms with Crippen molar-refractivity contribution in [3.8, 4) is 0 Å². The maximum Gasteiger partial charge on any atom is 0.360 e. The molecule has 0 rings (SSSR count). The second-order valence-corrected chi connectivity index (χ2v) is 5.57. The maximum atomic E-state index is 10.9. The molecule has 0 aliphatic carbocycles. The fourth-order valence-electron chi connectivity index (χ4n) is 1.07. The van der Waals surface area contributed by atoms with Crippen LogP contribution in [0.4, 0.5) is 0 Å². The lowest BCUT2D eigenvalue weighted by Crippen LogP contribution is -2.31. The summed E-state index contributed by atoms with van der Waals surface area (Å²) in [6.07, 6.45) is 5.61. The monoisotopic (exact) mass is 260 g/mol. The molecule has 0 fully saturated rings. The molecule has 100 valence electrons. The molecule has 0 saturated heterocycles. The van der Waals surface area contributed by atoms with Crippen molar-refractivity contribution in [2.24, 2.45) is 0 Å². The first-order valence-corrected chi connectivity index (χ1v) is 8.02. The average molecular weight is 260 g/mol. The van der Waals surface area contributed by atoms with Crippen LogP contribution in [0.5, 0.6) is 0 Å². The topological polar surface area (TPSA) is 44.8 Å². The van der Waals surface area contributed by atoms with Gasteiger partial charge in [-0.3, -0.25) is 0 Å². The molecular formula is C12H24O4Si. The van der Waals surface area contributed by atoms with Crippen LogP contribution in [-0.2, 0) is 18.4 Å². The Bertz CT molecular complexity index is 199. The number of rotatable bonds is 11. The molecule has 0 unspecified atom stereocenters. The van der Waals surface area contributed by atoms with E-state index < -0.39 is 15.3 Å². The lowest BCUT2D eigenvalue weighted by molar-refractivity contribution is -0.136. The Morgan fingerprint density at radius 1 is 1.18 bits per heavy atom. The minimum absolute atomic E-state index is 0.262. The molecule has 0 heterocycles. The van der Waals surface area contributed by atoms with Gasteiger partial charge in [0.05, 0.1) is 0 Å². The number of ether oxygens (including phenoxy) is 1. The third-order valence-electron chi connectivity index (χ3n) is 2.13. The molecule has 0 atom stereocenters. The van der Waals surface area contributed by atoms with Gasteiger partial charge in [-0.2, -0.15) is 0 Å². The third kappa shape index (κ3) is 10.2. The molecule has 0 radical (unpaired) electrons. The quantitative estimate of drug-likeness (QED) is 0.247. The molecule has 0 aliphatic rings. The highest BCUT2D eigenvalue weighted by Crippen LogP contribution is 1.98. The number of unbranched alkanes of at least 4 members (excludes halogenated alkanes) is 2. The van der Waals surface area contributed by atoms with E-state index in [0.717, 1.165) is 31.8 Å². The zero-order valence-electron chi connectivity index (χ0n) is 10.9. The second-order valence-electron chi connectivity index (χ2n) is 3.71. The Labute approximate surface area is 106 Å². The molecule has 17 heavy (non-hydrogen) atoms. The first-order valence-electron chi connectivity index (χ1n) is 6.27. The molecule has 5 heteroatoms. The maximum absolute atomic E-state index is 10.9. The van der Waals surface area contributed by atoms with E-state index >= 15 is 0 Å². The van der Waals surface area contributed by atoms with Crippen LogP contribution in [0.2, 0.25) is 0 Å². The van der Waals surface area contributed by atoms with Gasteiger partial charge in [-0.15, -0.1) is 0 Å². The molecule has 0 aliphatic heterocycles. The first-order chi connectivity index (χ1) is 8.24. The summed E-state index contributed by atoms with van der Waals surface area (Å²) in [4.78, 5) is 10.9. The summed E-state index contributed by atoms with van der Waals surface area (Å²) in [6, 6.07) is 0. The van der Waals surface area contributed by atoms with Crippen LogP contribution in [0, 0.1) is 0 Å². The largest absolute Gasteiger partial charge is 0.461 e. The zero-order chi connectivity index (χ0) is 12.9. The summed E-state index contributed by atoms with van der Waals surface area (Å²) >= 11 is 0. The van der Waals surface area contributed by atoms with Crippen molar-refractivity contribution in [3.05, 3.63) is 12.7 Å². The van der Waals surface area contributed by atoms with Gasteiger partial charge in [0.1, 0.15) is 6.23 Å². The van der Waals surface area contributed by atoms with E-state index in [2.05, 4.69) is 20.4 Å². The summed E-state index contributed by atoms with van der Waals surface area (Å²) < 4.78 is 16.2. The molecule has 0 saturated carbocycles. The SMILES string of the molecule is C=CC(=O)OC[SiH](OCCCC)OCCCC. The van der Waals surface area contributed by atoms with Gasteiger partial charge in [-0.1, -0.05) is 33.3 Å². The summed E-state index contributed by atoms with van der Waals surface area (Å²) in [5.41, 5.74) is 0. The highest BCUT2D eigenvalue weighted by atomic mass is 28.3. The van der Waals surface area contributed by atoms with E-state index in [1.807, 2.05) is 0 Å². The summed E-state index contributed by atoms with van der Waals surface area (Å²) in [5.74, 6) is -0.416. The summed E-state index contributed by atoms with van der Waals surface area (Å²) in [7, 11) is -1.86. The van der Waals surface area contributed by atoms with Crippen LogP contribution < -0.4 is 0 Å². The standard InChI is InChI=1S/C12H24O4Si/c1-4-7-9-15-17(16-10-8-5-2)11-14-12(13)6-3/h6,17H,3-5,7-11H2,1-2H3. The van der Waals surface area contributed by atoms with Crippen molar-refractivity contribution >= 4 is 15.3 Å². The Morgan fingerprint density at radius 3 is 2.12 bits per heavy atom. The van der Waals surface area contributed by atoms with E-state index in [-0.39, 0.29) is 6.23 Å². The molecule has 0 N–H and O–H groups in total. The fraction of sp³-hybridized carbons (Fsp3) is 0.750. The molecular weight excluding hydrogens is 236 g/mol. The zero-order valence-corrected chi connectivity index (χ0v) is 12.1. The second kappa shape index (κ2) is 11.8. The van der Waals surface area contributed by atoms with Gasteiger partial charge in [0, 0.05) is 19.3 Å². The fourth-order valence-corrected chi connectivity index (χ4v) is 2.52. The third-order valence-corrected chi connectivity index (χ3v) is 3.79. The Morgan fingerprint density at radius 2 is 1.71 bits per heavy atom. The van der Waals surface area contributed by atoms with E-state index in [1.165, 1.54) is 0 Å². The van der Waals surface area contributed by atoms with Gasteiger partial charge in [-0.25, -0.2) is 4.79 Å². The van der Waals surface area contributed by atoms with Crippen molar-refractivity contribution in [1.29, 1.82) is 0 Å². The van der Waals surface area contributed by atoms with E-state index in [0.29, 0.717) is 13.2 Å². The van der Waals surface area contributed by atoms with Gasteiger partial charge in [-0.05, 0) is 12.8 Å². The minimum atomic E-state index is -1.86. The highest BCUT2D eigenvalue weighted by Gasteiger charge is 2.15. The first kappa shape index (κ1) is 16.3. The van der Waals surface area contributed by atoms with Gasteiger partial charge in [0.2, 0.25) is 0 Å². The van der Waals surface area contributed by atoms with Crippen LogP contribution in [0.3, 0.4) is 0 Å². The molecule has 0 aromatic carbocycles. The van der Waals surface area contributed by atoms with Crippen LogP contribution >= 0.6 is 0 Å². The number of hydrogen-bond acceptors (Lipinski definition) is 4. The predicted molar refractivity (Wildman–Crippen MR) is 70.0 cm³/mol. The lowest BCUT2D eigenvalue weighted by Gasteiger charge is -2.16. The lowest BCUT2D eigenvalue weighted by atomic mass is 10.4. The Balaban J connectivity index is 3.82. The van der Waals surface area contributed by atoms with E-state index in [1.54, 1.807) is 0 Å². The normalized spacial score (nSPS) is 10.5. The van der Waals surface area contributed by atoms with Crippen LogP contribution in [0.25, 0.3) is 0 Å². The summed E-state index contributed by atoms with van der Waals surface area (Å²) in [5, 5.41) is 0. The Hall–Kier alpha value is -0.653. The minimum Gasteiger partial charge on any atom is -0.461 e. The van der Waals surface area contributed by atoms with Crippen LogP contribution in [0.15, 0.2) is 12.7 Å². The molecule has 0 amide bonds. The molecule has 0 bridgehead atoms. The van der Waals surface area contributed by atoms with Crippen molar-refractivity contribution in [1.82, 2.24) is 0 Å². The average Bonchev–Trinajstić information content (AvgIpc) is 2.35. The van der Waals surface area contributed by atoms with E-state index in [4.69, 9.17) is 13.6 Å². The van der Waals surface area contributed by atoms with Gasteiger partial charge < -0.3 is 13.6 Å². The highest BCUT2D eigenvalue weighted by molar-refractivity contribution is 6.44. The Kier molecular flexibility index (Phi) is 11.4. The van der Waals surface area contributed by atoms with Crippen LogP contribution in [0.1, 0.15) is 39.5 Å². The van der Waals surface area contributed by atoms with E-state index in [9.17, 15) is 4.79 Å². The summed E-state index contributed by atoms with van der Waals surface area (Å²) in [6.45, 7) is 8.93. The molecule has 0 aromatic heterocycles. The predicted octanol–water partition coefficient (Wildman–Crippen LogP) is 2.11. The van der Waals surface area contributed by atoms with Gasteiger partial charge in [0.15, 0.2) is 0 Å². The van der Waals surface area contributed by atoms with Gasteiger partial charge >= 0.3 is 15.3 Å². The van der Waals surface area contributed by atoms with Crippen LogP contribution in [-0.4, -0.2) is 34.7 Å². The molecule has 0 spiro atoms. The molecule has 4 nitrogen and oxygen atoms in total. The van der Waals surface area contributed by atoms with Crippen molar-refractivity contribution in [3.63, 3.8) is 0 Å². The number of esters is 1. The number of carbonyl (C=O) groups is 1. The van der Waals surface area contributed by atoms with Crippen molar-refractivity contribution in [2.75, 3.05) is 19.4 Å². The van der Waals surface area contributed by atoms with Crippen molar-refractivity contribution < 1.29 is 18.4 Å². The number of carbonyl (C=O) groups excluding carboxylic acids is 1. The number of hydrogen-bond donors (Lipinski definition) is 0. The smallest absolute Gasteiger partial charge is 0.360 e. The molecule has 0 aromatic rings. The van der Waals surface area contributed by atoms with Crippen molar-refractivity contribution in [2.45, 2.75) is 39.5 Å².